The summed E-state index contributed by atoms with van der Waals surface area (Å²) in [4.78, 5) is 1.01. The maximum absolute atomic E-state index is 6.05. The van der Waals surface area contributed by atoms with Crippen LogP contribution in [0.1, 0.15) is 5.56 Å². The van der Waals surface area contributed by atoms with Gasteiger partial charge in [-0.3, -0.25) is 0 Å². The zero-order valence-electron chi connectivity index (χ0n) is 12.3. The second-order valence-electron chi connectivity index (χ2n) is 4.84. The van der Waals surface area contributed by atoms with E-state index < -0.39 is 11.5 Å². The van der Waals surface area contributed by atoms with Crippen LogP contribution in [0.5, 0.6) is 11.5 Å². The molecule has 0 saturated heterocycles. The van der Waals surface area contributed by atoms with Crippen LogP contribution in [0.15, 0.2) is 89.8 Å². The summed E-state index contributed by atoms with van der Waals surface area (Å²) in [5, 5.41) is 0. The maximum atomic E-state index is 6.05. The van der Waals surface area contributed by atoms with E-state index in [1.807, 2.05) is 72.8 Å². The van der Waals surface area contributed by atoms with Crippen molar-refractivity contribution in [2.24, 2.45) is 0 Å². The molecule has 0 amide bonds. The Labute approximate surface area is 134 Å². The van der Waals surface area contributed by atoms with Crippen LogP contribution in [-0.4, -0.2) is 0 Å². The molecule has 3 aromatic carbocycles. The van der Waals surface area contributed by atoms with E-state index in [2.05, 4.69) is 19.1 Å². The van der Waals surface area contributed by atoms with E-state index >= 15 is 0 Å². The number of para-hydroxylation sites is 2. The second kappa shape index (κ2) is 7.05. The highest BCUT2D eigenvalue weighted by Gasteiger charge is 2.31. The van der Waals surface area contributed by atoms with Gasteiger partial charge in [0.15, 0.2) is 11.5 Å². The van der Waals surface area contributed by atoms with Crippen LogP contribution in [0.25, 0.3) is 0 Å². The Morgan fingerprint density at radius 1 is 0.591 bits per heavy atom. The van der Waals surface area contributed by atoms with Crippen LogP contribution >= 0.6 is 0 Å². The molecule has 0 fully saturated rings. The molecule has 0 saturated carbocycles. The Morgan fingerprint density at radius 2 is 1.05 bits per heavy atom. The molecule has 3 aromatic rings. The van der Waals surface area contributed by atoms with E-state index in [0.717, 1.165) is 16.4 Å². The van der Waals surface area contributed by atoms with Crippen molar-refractivity contribution in [3.8, 4) is 11.5 Å². The number of rotatable bonds is 5. The third kappa shape index (κ3) is 3.83. The van der Waals surface area contributed by atoms with Crippen molar-refractivity contribution in [3.63, 3.8) is 0 Å². The van der Waals surface area contributed by atoms with Crippen molar-refractivity contribution in [3.05, 3.63) is 90.5 Å². The summed E-state index contributed by atoms with van der Waals surface area (Å²) in [6.07, 6.45) is 0. The first kappa shape index (κ1) is 14.5. The van der Waals surface area contributed by atoms with Crippen molar-refractivity contribution in [2.45, 2.75) is 11.8 Å². The lowest BCUT2D eigenvalue weighted by atomic mass is 10.2. The Kier molecular flexibility index (Phi) is 4.66. The van der Waals surface area contributed by atoms with Crippen LogP contribution in [-0.2, 0) is 11.5 Å². The maximum Gasteiger partial charge on any atom is 0.455 e. The molecule has 3 rings (SSSR count). The average Bonchev–Trinajstić information content (AvgIpc) is 2.57. The molecule has 0 aliphatic rings. The van der Waals surface area contributed by atoms with Crippen LogP contribution in [0, 0.1) is 6.92 Å². The summed E-state index contributed by atoms with van der Waals surface area (Å²) in [7, 11) is 0. The fourth-order valence-corrected chi connectivity index (χ4v) is 3.05. The molecular weight excluding hydrogens is 292 g/mol. The highest BCUT2D eigenvalue weighted by Crippen LogP contribution is 2.24. The lowest BCUT2D eigenvalue weighted by molar-refractivity contribution is 0.509. The molecule has 2 nitrogen and oxygen atoms in total. The molecule has 0 N–H and O–H groups in total. The summed E-state index contributed by atoms with van der Waals surface area (Å²) >= 11 is -0.798. The number of hydrogen-bond donors (Lipinski definition) is 0. The zero-order chi connectivity index (χ0) is 15.2. The predicted octanol–water partition coefficient (Wildman–Crippen LogP) is 4.96. The highest BCUT2D eigenvalue weighted by atomic mass is 32.2. The fraction of sp³-hybridized carbons (Fsp3) is 0.0526. The molecule has 0 unspecified atom stereocenters. The molecule has 3 heteroatoms. The van der Waals surface area contributed by atoms with E-state index in [1.54, 1.807) is 0 Å². The number of aryl methyl sites for hydroxylation is 1. The first-order valence-corrected chi connectivity index (χ1v) is 8.16. The van der Waals surface area contributed by atoms with Gasteiger partial charge in [-0.1, -0.05) is 54.1 Å². The van der Waals surface area contributed by atoms with E-state index in [0.29, 0.717) is 0 Å². The molecule has 0 aliphatic heterocycles. The van der Waals surface area contributed by atoms with Gasteiger partial charge in [-0.15, -0.1) is 0 Å². The Balaban J connectivity index is 1.86. The molecule has 0 heterocycles. The topological polar surface area (TPSA) is 18.5 Å². The monoisotopic (exact) mass is 309 g/mol. The molecule has 0 spiro atoms. The van der Waals surface area contributed by atoms with Gasteiger partial charge >= 0.3 is 11.5 Å². The molecule has 0 bridgehead atoms. The van der Waals surface area contributed by atoms with Crippen LogP contribution in [0.4, 0.5) is 0 Å². The minimum atomic E-state index is -0.798. The molecule has 110 valence electrons. The van der Waals surface area contributed by atoms with Crippen molar-refractivity contribution in [1.82, 2.24) is 0 Å². The molecule has 0 atom stereocenters. The van der Waals surface area contributed by atoms with Gasteiger partial charge in [0, 0.05) is 12.1 Å². The van der Waals surface area contributed by atoms with Gasteiger partial charge < -0.3 is 0 Å². The van der Waals surface area contributed by atoms with E-state index in [-0.39, 0.29) is 0 Å². The quantitative estimate of drug-likeness (QED) is 0.620. The van der Waals surface area contributed by atoms with Crippen LogP contribution in [0.3, 0.4) is 0 Å². The standard InChI is InChI=1S/C19H17O2S/c1-16-12-14-19(15-13-16)22(20-17-8-4-2-5-9-17)21-18-10-6-3-7-11-18/h2-15H,1H3/q+1. The van der Waals surface area contributed by atoms with Gasteiger partial charge in [0.1, 0.15) is 0 Å². The van der Waals surface area contributed by atoms with E-state index in [9.17, 15) is 0 Å². The summed E-state index contributed by atoms with van der Waals surface area (Å²) < 4.78 is 12.1. The summed E-state index contributed by atoms with van der Waals surface area (Å²) in [5.74, 6) is 1.59. The molecule has 0 aliphatic carbocycles. The SMILES string of the molecule is Cc1ccc([S+](Oc2ccccc2)Oc2ccccc2)cc1. The van der Waals surface area contributed by atoms with Crippen LogP contribution < -0.4 is 8.37 Å². The number of benzene rings is 3. The summed E-state index contributed by atoms with van der Waals surface area (Å²) in [5.41, 5.74) is 1.21. The minimum absolute atomic E-state index is 0.794. The fourth-order valence-electron chi connectivity index (χ4n) is 1.89. The van der Waals surface area contributed by atoms with Crippen molar-refractivity contribution >= 4 is 11.5 Å². The molecular formula is C19H17O2S+. The summed E-state index contributed by atoms with van der Waals surface area (Å²) in [6.45, 7) is 2.07. The van der Waals surface area contributed by atoms with Gasteiger partial charge in [0.2, 0.25) is 0 Å². The lowest BCUT2D eigenvalue weighted by Gasteiger charge is -2.06. The van der Waals surface area contributed by atoms with Crippen molar-refractivity contribution in [1.29, 1.82) is 0 Å². The highest BCUT2D eigenvalue weighted by molar-refractivity contribution is 7.88. The second-order valence-corrected chi connectivity index (χ2v) is 6.11. The smallest absolute Gasteiger partial charge is 0.236 e. The van der Waals surface area contributed by atoms with Crippen molar-refractivity contribution in [2.75, 3.05) is 0 Å². The summed E-state index contributed by atoms with van der Waals surface area (Å²) in [6, 6.07) is 27.7. The van der Waals surface area contributed by atoms with E-state index in [1.165, 1.54) is 5.56 Å². The van der Waals surface area contributed by atoms with Gasteiger partial charge in [0.25, 0.3) is 4.90 Å². The normalized spacial score (nSPS) is 10.5. The Bertz CT molecular complexity index is 655. The third-order valence-electron chi connectivity index (χ3n) is 3.04. The lowest BCUT2D eigenvalue weighted by Crippen LogP contribution is -2.18. The third-order valence-corrected chi connectivity index (χ3v) is 4.39. The average molecular weight is 309 g/mol. The first-order valence-electron chi connectivity index (χ1n) is 7.09. The molecule has 22 heavy (non-hydrogen) atoms. The number of hydrogen-bond acceptors (Lipinski definition) is 2. The largest absolute Gasteiger partial charge is 0.455 e. The molecule has 0 radical (unpaired) electrons. The predicted molar refractivity (Wildman–Crippen MR) is 91.0 cm³/mol. The van der Waals surface area contributed by atoms with Crippen LogP contribution in [0.2, 0.25) is 0 Å². The minimum Gasteiger partial charge on any atom is -0.236 e. The van der Waals surface area contributed by atoms with Gasteiger partial charge in [-0.2, -0.15) is 0 Å². The zero-order valence-corrected chi connectivity index (χ0v) is 13.1. The first-order chi connectivity index (χ1) is 10.8. The Morgan fingerprint density at radius 3 is 1.50 bits per heavy atom. The van der Waals surface area contributed by atoms with Gasteiger partial charge in [0.05, 0.1) is 0 Å². The van der Waals surface area contributed by atoms with Gasteiger partial charge in [-0.05, 0) is 31.2 Å². The molecule has 0 aromatic heterocycles. The van der Waals surface area contributed by atoms with Gasteiger partial charge in [-0.25, -0.2) is 8.37 Å². The Hall–Kier alpha value is -2.39. The van der Waals surface area contributed by atoms with E-state index in [4.69, 9.17) is 8.37 Å². The van der Waals surface area contributed by atoms with Crippen molar-refractivity contribution < 1.29 is 8.37 Å².